The summed E-state index contributed by atoms with van der Waals surface area (Å²) in [6.07, 6.45) is 7.43. The Morgan fingerprint density at radius 2 is 2.09 bits per heavy atom. The maximum Gasteiger partial charge on any atom is 0.131 e. The molecule has 0 radical (unpaired) electrons. The highest BCUT2D eigenvalue weighted by Crippen LogP contribution is 2.28. The van der Waals surface area contributed by atoms with Crippen LogP contribution in [-0.4, -0.2) is 36.3 Å². The molecule has 8 heteroatoms. The summed E-state index contributed by atoms with van der Waals surface area (Å²) < 4.78 is 1.90. The van der Waals surface area contributed by atoms with Crippen molar-refractivity contribution in [2.24, 2.45) is 0 Å². The predicted octanol–water partition coefficient (Wildman–Crippen LogP) is 1.46. The summed E-state index contributed by atoms with van der Waals surface area (Å²) >= 11 is 1.67. The van der Waals surface area contributed by atoms with Crippen LogP contribution in [0.3, 0.4) is 0 Å². The van der Waals surface area contributed by atoms with Crippen LogP contribution in [-0.2, 0) is 19.6 Å². The van der Waals surface area contributed by atoms with Crippen molar-refractivity contribution in [2.75, 3.05) is 0 Å². The van der Waals surface area contributed by atoms with Crippen LogP contribution in [0.1, 0.15) is 54.4 Å². The third-order valence-corrected chi connectivity index (χ3v) is 5.18. The summed E-state index contributed by atoms with van der Waals surface area (Å²) in [4.78, 5) is 0. The zero-order valence-corrected chi connectivity index (χ0v) is 13.6. The second-order valence-electron chi connectivity index (χ2n) is 5.63. The molecular weight excluding hydrogens is 300 g/mol. The lowest BCUT2D eigenvalue weighted by Crippen LogP contribution is -2.39. The molecule has 0 aromatic carbocycles. The fourth-order valence-corrected chi connectivity index (χ4v) is 3.67. The van der Waals surface area contributed by atoms with Crippen molar-refractivity contribution in [1.82, 2.24) is 30.5 Å². The van der Waals surface area contributed by atoms with E-state index in [1.54, 1.807) is 11.3 Å². The molecule has 0 aliphatic heterocycles. The van der Waals surface area contributed by atoms with Gasteiger partial charge in [0.25, 0.3) is 0 Å². The van der Waals surface area contributed by atoms with Crippen molar-refractivity contribution in [3.8, 4) is 0 Å². The molecule has 1 fully saturated rings. The fourth-order valence-electron chi connectivity index (χ4n) is 2.94. The number of aryl methyl sites for hydroxylation is 1. The van der Waals surface area contributed by atoms with Crippen LogP contribution >= 0.6 is 11.3 Å². The van der Waals surface area contributed by atoms with E-state index >= 15 is 0 Å². The van der Waals surface area contributed by atoms with Gasteiger partial charge >= 0.3 is 0 Å². The fraction of sp³-hybridized carbons (Fsp3) is 0.714. The van der Waals surface area contributed by atoms with E-state index in [1.807, 2.05) is 10.9 Å². The van der Waals surface area contributed by atoms with Gasteiger partial charge in [-0.15, -0.1) is 26.6 Å². The molecule has 0 spiro atoms. The second-order valence-corrected chi connectivity index (χ2v) is 6.78. The summed E-state index contributed by atoms with van der Waals surface area (Å²) in [5.41, 5.74) is 0.626. The van der Waals surface area contributed by atoms with Crippen molar-refractivity contribution < 1.29 is 5.11 Å². The van der Waals surface area contributed by atoms with Crippen molar-refractivity contribution in [3.63, 3.8) is 0 Å². The smallest absolute Gasteiger partial charge is 0.131 e. The van der Waals surface area contributed by atoms with E-state index in [0.29, 0.717) is 17.8 Å². The molecule has 2 N–H and O–H groups in total. The highest BCUT2D eigenvalue weighted by molar-refractivity contribution is 7.11. The van der Waals surface area contributed by atoms with E-state index in [0.717, 1.165) is 35.8 Å². The molecule has 1 aliphatic rings. The molecule has 2 atom stereocenters. The Labute approximate surface area is 133 Å². The van der Waals surface area contributed by atoms with Gasteiger partial charge in [0.2, 0.25) is 0 Å². The molecule has 7 nitrogen and oxygen atoms in total. The quantitative estimate of drug-likeness (QED) is 0.837. The van der Waals surface area contributed by atoms with E-state index in [1.165, 1.54) is 12.8 Å². The molecule has 2 aromatic rings. The van der Waals surface area contributed by atoms with Crippen LogP contribution in [0.4, 0.5) is 0 Å². The molecule has 0 saturated heterocycles. The molecule has 2 heterocycles. The lowest BCUT2D eigenvalue weighted by molar-refractivity contribution is 0.242. The number of nitrogens with zero attached hydrogens (tertiary/aromatic N) is 5. The molecule has 0 bridgehead atoms. The predicted molar refractivity (Wildman–Crippen MR) is 83.4 cm³/mol. The van der Waals surface area contributed by atoms with Gasteiger partial charge in [-0.05, 0) is 19.3 Å². The number of aliphatic hydroxyl groups excluding tert-OH is 1. The van der Waals surface area contributed by atoms with Gasteiger partial charge in [0.15, 0.2) is 0 Å². The van der Waals surface area contributed by atoms with E-state index in [-0.39, 0.29) is 6.61 Å². The third kappa shape index (κ3) is 3.50. The summed E-state index contributed by atoms with van der Waals surface area (Å²) in [6.45, 7) is 2.79. The lowest BCUT2D eigenvalue weighted by Gasteiger charge is -2.31. The molecule has 0 unspecified atom stereocenters. The maximum absolute atomic E-state index is 9.15. The third-order valence-electron chi connectivity index (χ3n) is 4.12. The van der Waals surface area contributed by atoms with Gasteiger partial charge in [-0.25, -0.2) is 4.68 Å². The summed E-state index contributed by atoms with van der Waals surface area (Å²) in [6, 6.07) is 0.649. The Bertz CT molecular complexity index is 598. The molecule has 1 aliphatic carbocycles. The Kier molecular flexibility index (Phi) is 5.12. The standard InChI is InChI=1S/C14H22N6OS/c1-2-13-17-18-14(22-13)7-15-11-5-3-4-6-12(11)20-8-10(9-21)16-19-20/h8,11-12,15,21H,2-7,9H2,1H3/t11-,12+/m0/s1. The van der Waals surface area contributed by atoms with Crippen LogP contribution in [0, 0.1) is 0 Å². The molecule has 0 amide bonds. The van der Waals surface area contributed by atoms with Crippen LogP contribution in [0.15, 0.2) is 6.20 Å². The number of rotatable bonds is 6. The van der Waals surface area contributed by atoms with E-state index in [4.69, 9.17) is 5.11 Å². The topological polar surface area (TPSA) is 88.8 Å². The number of aromatic nitrogens is 5. The summed E-state index contributed by atoms with van der Waals surface area (Å²) in [7, 11) is 0. The van der Waals surface area contributed by atoms with Gasteiger partial charge in [0.05, 0.1) is 25.4 Å². The van der Waals surface area contributed by atoms with Crippen molar-refractivity contribution in [1.29, 1.82) is 0 Å². The van der Waals surface area contributed by atoms with Gasteiger partial charge in [0.1, 0.15) is 15.7 Å². The van der Waals surface area contributed by atoms with Crippen molar-refractivity contribution in [3.05, 3.63) is 21.9 Å². The number of nitrogens with one attached hydrogen (secondary N) is 1. The van der Waals surface area contributed by atoms with Crippen LogP contribution in [0.25, 0.3) is 0 Å². The minimum absolute atomic E-state index is 0.0601. The molecular formula is C14H22N6OS. The maximum atomic E-state index is 9.15. The monoisotopic (exact) mass is 322 g/mol. The van der Waals surface area contributed by atoms with E-state index in [9.17, 15) is 0 Å². The Morgan fingerprint density at radius 3 is 2.82 bits per heavy atom. The Hall–Kier alpha value is -1.38. The van der Waals surface area contributed by atoms with E-state index in [2.05, 4.69) is 32.7 Å². The summed E-state index contributed by atoms with van der Waals surface area (Å²) in [5.74, 6) is 0. The molecule has 3 rings (SSSR count). The molecule has 120 valence electrons. The highest BCUT2D eigenvalue weighted by Gasteiger charge is 2.27. The zero-order chi connectivity index (χ0) is 15.4. The van der Waals surface area contributed by atoms with E-state index < -0.39 is 0 Å². The first-order chi connectivity index (χ1) is 10.8. The first kappa shape index (κ1) is 15.5. The van der Waals surface area contributed by atoms with Gasteiger partial charge < -0.3 is 10.4 Å². The van der Waals surface area contributed by atoms with Crippen molar-refractivity contribution in [2.45, 2.75) is 64.3 Å². The normalized spacial score (nSPS) is 22.1. The first-order valence-corrected chi connectivity index (χ1v) is 8.68. The van der Waals surface area contributed by atoms with Gasteiger partial charge in [-0.1, -0.05) is 25.0 Å². The van der Waals surface area contributed by atoms with Gasteiger partial charge in [-0.2, -0.15) is 0 Å². The average Bonchev–Trinajstić information content (AvgIpc) is 3.22. The first-order valence-electron chi connectivity index (χ1n) is 7.86. The summed E-state index contributed by atoms with van der Waals surface area (Å²) in [5, 5.41) is 31.4. The van der Waals surface area contributed by atoms with Crippen LogP contribution in [0.5, 0.6) is 0 Å². The van der Waals surface area contributed by atoms with Gasteiger partial charge in [-0.3, -0.25) is 0 Å². The largest absolute Gasteiger partial charge is 0.390 e. The number of aliphatic hydroxyl groups is 1. The van der Waals surface area contributed by atoms with Gasteiger partial charge in [0, 0.05) is 6.04 Å². The minimum atomic E-state index is -0.0601. The second kappa shape index (κ2) is 7.26. The van der Waals surface area contributed by atoms with Crippen LogP contribution in [0.2, 0.25) is 0 Å². The molecule has 22 heavy (non-hydrogen) atoms. The molecule has 1 saturated carbocycles. The average molecular weight is 322 g/mol. The number of hydrogen-bond donors (Lipinski definition) is 2. The lowest BCUT2D eigenvalue weighted by atomic mass is 9.90. The minimum Gasteiger partial charge on any atom is -0.390 e. The SMILES string of the molecule is CCc1nnc(CN[C@H]2CCCC[C@H]2n2cc(CO)nn2)s1. The van der Waals surface area contributed by atoms with Crippen LogP contribution < -0.4 is 5.32 Å². The Morgan fingerprint density at radius 1 is 1.27 bits per heavy atom. The highest BCUT2D eigenvalue weighted by atomic mass is 32.1. The number of hydrogen-bond acceptors (Lipinski definition) is 7. The Balaban J connectivity index is 1.64. The zero-order valence-electron chi connectivity index (χ0n) is 12.8. The van der Waals surface area contributed by atoms with Crippen molar-refractivity contribution >= 4 is 11.3 Å². The molecule has 2 aromatic heterocycles.